The van der Waals surface area contributed by atoms with Gasteiger partial charge in [0, 0.05) is 0 Å². The standard InChI is InChI=1S/C27H30N2O3/c1-5-24(32-25-16-15-18(2)17-19(25)3)27(31)29-23-14-10-9-13-22(23)26(30)28-20(4)21-11-7-6-8-12-21/h6-17,20,24H,5H2,1-4H3,(H,28,30)(H,29,31)/t20-,24-/m0/s1. The van der Waals surface area contributed by atoms with Crippen molar-refractivity contribution in [3.63, 3.8) is 0 Å². The summed E-state index contributed by atoms with van der Waals surface area (Å²) in [5, 5.41) is 5.88. The molecule has 0 radical (unpaired) electrons. The Bertz CT molecular complexity index is 1080. The van der Waals surface area contributed by atoms with Gasteiger partial charge in [-0.2, -0.15) is 0 Å². The number of carbonyl (C=O) groups excluding carboxylic acids is 2. The van der Waals surface area contributed by atoms with E-state index in [2.05, 4.69) is 10.6 Å². The molecule has 5 heteroatoms. The molecule has 0 aliphatic carbocycles. The van der Waals surface area contributed by atoms with Gasteiger partial charge in [-0.05, 0) is 56.5 Å². The lowest BCUT2D eigenvalue weighted by molar-refractivity contribution is -0.122. The average molecular weight is 431 g/mol. The van der Waals surface area contributed by atoms with E-state index in [0.29, 0.717) is 23.4 Å². The van der Waals surface area contributed by atoms with Gasteiger partial charge in [0.15, 0.2) is 6.10 Å². The van der Waals surface area contributed by atoms with Crippen LogP contribution in [0.15, 0.2) is 72.8 Å². The third kappa shape index (κ3) is 5.76. The number of rotatable bonds is 8. The maximum absolute atomic E-state index is 13.0. The Morgan fingerprint density at radius 3 is 2.31 bits per heavy atom. The minimum absolute atomic E-state index is 0.163. The summed E-state index contributed by atoms with van der Waals surface area (Å²) < 4.78 is 5.99. The van der Waals surface area contributed by atoms with E-state index in [4.69, 9.17) is 4.74 Å². The molecule has 3 aromatic rings. The zero-order valence-electron chi connectivity index (χ0n) is 19.0. The highest BCUT2D eigenvalue weighted by Crippen LogP contribution is 2.23. The summed E-state index contributed by atoms with van der Waals surface area (Å²) in [6, 6.07) is 22.4. The number of benzene rings is 3. The number of anilines is 1. The highest BCUT2D eigenvalue weighted by Gasteiger charge is 2.22. The van der Waals surface area contributed by atoms with Crippen molar-refractivity contribution in [2.24, 2.45) is 0 Å². The van der Waals surface area contributed by atoms with Crippen LogP contribution < -0.4 is 15.4 Å². The summed E-state index contributed by atoms with van der Waals surface area (Å²) in [5.74, 6) is 0.143. The number of hydrogen-bond acceptors (Lipinski definition) is 3. The highest BCUT2D eigenvalue weighted by atomic mass is 16.5. The zero-order valence-corrected chi connectivity index (χ0v) is 19.0. The molecule has 0 heterocycles. The molecule has 0 fully saturated rings. The molecular weight excluding hydrogens is 400 g/mol. The molecule has 0 bridgehead atoms. The molecule has 166 valence electrons. The Morgan fingerprint density at radius 2 is 1.62 bits per heavy atom. The van der Waals surface area contributed by atoms with Crippen molar-refractivity contribution in [3.8, 4) is 5.75 Å². The Hall–Kier alpha value is -3.60. The third-order valence-electron chi connectivity index (χ3n) is 5.34. The second kappa shape index (κ2) is 10.6. The molecule has 0 aliphatic rings. The van der Waals surface area contributed by atoms with Crippen LogP contribution in [0.4, 0.5) is 5.69 Å². The largest absolute Gasteiger partial charge is 0.480 e. The number of aryl methyl sites for hydroxylation is 2. The van der Waals surface area contributed by atoms with Crippen LogP contribution in [0, 0.1) is 13.8 Å². The van der Waals surface area contributed by atoms with Gasteiger partial charge >= 0.3 is 0 Å². The Morgan fingerprint density at radius 1 is 0.938 bits per heavy atom. The van der Waals surface area contributed by atoms with Crippen LogP contribution >= 0.6 is 0 Å². The molecule has 3 aromatic carbocycles. The van der Waals surface area contributed by atoms with Gasteiger partial charge in [-0.15, -0.1) is 0 Å². The molecule has 0 aliphatic heterocycles. The fourth-order valence-electron chi connectivity index (χ4n) is 3.51. The molecule has 0 saturated heterocycles. The highest BCUT2D eigenvalue weighted by molar-refractivity contribution is 6.04. The quantitative estimate of drug-likeness (QED) is 0.489. The van der Waals surface area contributed by atoms with E-state index < -0.39 is 6.10 Å². The normalized spacial score (nSPS) is 12.5. The number of para-hydroxylation sites is 1. The van der Waals surface area contributed by atoms with Crippen LogP contribution in [0.1, 0.15) is 53.4 Å². The van der Waals surface area contributed by atoms with E-state index in [0.717, 1.165) is 16.7 Å². The van der Waals surface area contributed by atoms with Crippen LogP contribution in [0.3, 0.4) is 0 Å². The number of ether oxygens (including phenoxy) is 1. The van der Waals surface area contributed by atoms with Crippen molar-refractivity contribution in [2.45, 2.75) is 46.3 Å². The van der Waals surface area contributed by atoms with Gasteiger partial charge in [0.2, 0.25) is 0 Å². The van der Waals surface area contributed by atoms with E-state index in [1.165, 1.54) is 0 Å². The number of nitrogens with one attached hydrogen (secondary N) is 2. The number of carbonyl (C=O) groups is 2. The predicted octanol–water partition coefficient (Wildman–Crippen LogP) is 5.59. The lowest BCUT2D eigenvalue weighted by Gasteiger charge is -2.20. The number of hydrogen-bond donors (Lipinski definition) is 2. The Labute approximate surface area is 189 Å². The Balaban J connectivity index is 1.72. The first-order valence-corrected chi connectivity index (χ1v) is 10.9. The van der Waals surface area contributed by atoms with Crippen molar-refractivity contribution < 1.29 is 14.3 Å². The first-order valence-electron chi connectivity index (χ1n) is 10.9. The monoisotopic (exact) mass is 430 g/mol. The summed E-state index contributed by atoms with van der Waals surface area (Å²) in [5.41, 5.74) is 3.99. The third-order valence-corrected chi connectivity index (χ3v) is 5.34. The van der Waals surface area contributed by atoms with E-state index in [-0.39, 0.29) is 17.9 Å². The minimum atomic E-state index is -0.671. The topological polar surface area (TPSA) is 67.4 Å². The average Bonchev–Trinajstić information content (AvgIpc) is 2.79. The summed E-state index contributed by atoms with van der Waals surface area (Å²) in [6.07, 6.45) is -0.172. The first-order chi connectivity index (χ1) is 15.4. The van der Waals surface area contributed by atoms with Gasteiger partial charge in [-0.25, -0.2) is 0 Å². The summed E-state index contributed by atoms with van der Waals surface area (Å²) >= 11 is 0. The Kier molecular flexibility index (Phi) is 7.66. The molecular formula is C27H30N2O3. The summed E-state index contributed by atoms with van der Waals surface area (Å²) in [4.78, 5) is 25.9. The van der Waals surface area contributed by atoms with E-state index in [9.17, 15) is 9.59 Å². The molecule has 5 nitrogen and oxygen atoms in total. The van der Waals surface area contributed by atoms with E-state index >= 15 is 0 Å². The first kappa shape index (κ1) is 23.1. The van der Waals surface area contributed by atoms with Crippen LogP contribution in [0.2, 0.25) is 0 Å². The van der Waals surface area contributed by atoms with Crippen molar-refractivity contribution in [1.82, 2.24) is 5.32 Å². The second-order valence-electron chi connectivity index (χ2n) is 7.92. The van der Waals surface area contributed by atoms with Crippen LogP contribution in [-0.2, 0) is 4.79 Å². The van der Waals surface area contributed by atoms with Crippen LogP contribution in [-0.4, -0.2) is 17.9 Å². The molecule has 0 aromatic heterocycles. The van der Waals surface area contributed by atoms with Crippen molar-refractivity contribution in [2.75, 3.05) is 5.32 Å². The molecule has 2 N–H and O–H groups in total. The molecule has 3 rings (SSSR count). The fourth-order valence-corrected chi connectivity index (χ4v) is 3.51. The van der Waals surface area contributed by atoms with Gasteiger partial charge in [0.05, 0.1) is 17.3 Å². The smallest absolute Gasteiger partial charge is 0.265 e. The van der Waals surface area contributed by atoms with Crippen molar-refractivity contribution >= 4 is 17.5 Å². The summed E-state index contributed by atoms with van der Waals surface area (Å²) in [6.45, 7) is 7.80. The molecule has 32 heavy (non-hydrogen) atoms. The molecule has 0 unspecified atom stereocenters. The van der Waals surface area contributed by atoms with Gasteiger partial charge < -0.3 is 15.4 Å². The zero-order chi connectivity index (χ0) is 23.1. The second-order valence-corrected chi connectivity index (χ2v) is 7.92. The molecule has 2 atom stereocenters. The molecule has 0 saturated carbocycles. The van der Waals surface area contributed by atoms with Gasteiger partial charge in [0.1, 0.15) is 5.75 Å². The lowest BCUT2D eigenvalue weighted by Crippen LogP contribution is -2.34. The maximum Gasteiger partial charge on any atom is 0.265 e. The van der Waals surface area contributed by atoms with E-state index in [1.807, 2.05) is 76.2 Å². The SMILES string of the molecule is CC[C@H](Oc1ccc(C)cc1C)C(=O)Nc1ccccc1C(=O)N[C@@H](C)c1ccccc1. The number of amides is 2. The molecule has 0 spiro atoms. The van der Waals surface area contributed by atoms with E-state index in [1.54, 1.807) is 24.3 Å². The fraction of sp³-hybridized carbons (Fsp3) is 0.259. The minimum Gasteiger partial charge on any atom is -0.480 e. The van der Waals surface area contributed by atoms with Gasteiger partial charge in [-0.3, -0.25) is 9.59 Å². The predicted molar refractivity (Wildman–Crippen MR) is 128 cm³/mol. The van der Waals surface area contributed by atoms with Crippen LogP contribution in [0.25, 0.3) is 0 Å². The maximum atomic E-state index is 13.0. The van der Waals surface area contributed by atoms with Crippen molar-refractivity contribution in [3.05, 3.63) is 95.1 Å². The lowest BCUT2D eigenvalue weighted by atomic mass is 10.1. The summed E-state index contributed by atoms with van der Waals surface area (Å²) in [7, 11) is 0. The van der Waals surface area contributed by atoms with Gasteiger partial charge in [0.25, 0.3) is 11.8 Å². The molecule has 2 amide bonds. The van der Waals surface area contributed by atoms with Crippen molar-refractivity contribution in [1.29, 1.82) is 0 Å². The van der Waals surface area contributed by atoms with Gasteiger partial charge in [-0.1, -0.05) is 67.1 Å². The van der Waals surface area contributed by atoms with Crippen LogP contribution in [0.5, 0.6) is 5.75 Å².